The molecule has 0 radical (unpaired) electrons. The minimum atomic E-state index is -2.14. The number of aliphatic hydroxyl groups excluding tert-OH is 2. The number of nitrogens with one attached hydrogen (secondary N) is 5. The van der Waals surface area contributed by atoms with Gasteiger partial charge >= 0.3 is 18.0 Å². The Morgan fingerprint density at radius 2 is 1.80 bits per heavy atom. The third-order valence-electron chi connectivity index (χ3n) is 15.8. The van der Waals surface area contributed by atoms with E-state index in [4.69, 9.17) is 29.1 Å². The minimum absolute atomic E-state index is 0.0155. The molecule has 0 bridgehead atoms. The van der Waals surface area contributed by atoms with Gasteiger partial charge in [-0.25, -0.2) is 24.4 Å². The number of anilines is 2. The standard InChI is InChI=1S/C60H64N10O18S2/c1-29-50(74)40(22-46(85-29)87-43-24-60(82,44(72)27-71)23-31-20-38-37(21-36(31)43)48-47-35(51(38)75)10-7-11-42(47)88-55(48)70-83)67-59(81)84-18-19-89-90-28-41(56(78)79)65-45(73)17-16-39(57(80)86-34-8-5-3-2-4-6-9-34)66-53(76)30-12-14-32(15-13-30)62-25-33-26-63-52-49(64-33)54(77)69-58(61)68-52/h5,7-8,10-15,20-21,26,29,34,39-41,43,46,50,62,71,74,82H,2-4,6,9,16-19,22-25,27-28H2,1H3,(H,65,73)(H,66,76)(H,67,81)(H,78,79)(H3,61,63,68,69,77)/b8-5+/t29-,34?,39+,40+,41+,43-,46-,50+,60-/m0/s1. The highest BCUT2D eigenvalue weighted by molar-refractivity contribution is 8.76. The lowest BCUT2D eigenvalue weighted by molar-refractivity contribution is -0.249. The number of carboxylic acids is 1. The number of hydrogen-bond donors (Lipinski definition) is 10. The lowest BCUT2D eigenvalue weighted by Crippen LogP contribution is -2.56. The highest BCUT2D eigenvalue weighted by Gasteiger charge is 2.47. The Balaban J connectivity index is 0.698. The number of aliphatic carboxylic acids is 1. The smallest absolute Gasteiger partial charge is 0.407 e. The number of benzene rings is 3. The number of aromatic nitrogens is 4. The third kappa shape index (κ3) is 14.8. The van der Waals surface area contributed by atoms with Gasteiger partial charge in [0, 0.05) is 70.1 Å². The van der Waals surface area contributed by atoms with Crippen molar-refractivity contribution in [3.8, 4) is 11.1 Å². The predicted molar refractivity (Wildman–Crippen MR) is 326 cm³/mol. The van der Waals surface area contributed by atoms with E-state index in [2.05, 4.69) is 46.4 Å². The maximum absolute atomic E-state index is 13.9. The lowest BCUT2D eigenvalue weighted by atomic mass is 9.73. The predicted octanol–water partition coefficient (Wildman–Crippen LogP) is 5.11. The molecule has 1 aliphatic heterocycles. The number of furan rings is 1. The monoisotopic (exact) mass is 1280 g/mol. The number of H-pyrrole nitrogens is 1. The number of carbonyl (C=O) groups excluding carboxylic acids is 6. The van der Waals surface area contributed by atoms with Crippen LogP contribution in [0.4, 0.5) is 22.3 Å². The second-order valence-electron chi connectivity index (χ2n) is 22.1. The van der Waals surface area contributed by atoms with E-state index in [9.17, 15) is 63.7 Å². The summed E-state index contributed by atoms with van der Waals surface area (Å²) in [6.45, 7) is 0.551. The molecular formula is C60H64N10O18S2. The van der Waals surface area contributed by atoms with Crippen molar-refractivity contribution in [2.45, 2.75) is 132 Å². The lowest BCUT2D eigenvalue weighted by Gasteiger charge is -2.42. The third-order valence-corrected chi connectivity index (χ3v) is 18.2. The number of nitrogens with two attached hydrogens (primary N) is 1. The van der Waals surface area contributed by atoms with Gasteiger partial charge in [0.15, 0.2) is 29.0 Å². The van der Waals surface area contributed by atoms with E-state index in [0.717, 1.165) is 47.3 Å². The van der Waals surface area contributed by atoms with Gasteiger partial charge in [0.25, 0.3) is 17.4 Å². The van der Waals surface area contributed by atoms with Crippen LogP contribution in [-0.2, 0) is 51.1 Å². The van der Waals surface area contributed by atoms with E-state index in [1.54, 1.807) is 49.4 Å². The molecule has 6 aromatic rings. The van der Waals surface area contributed by atoms with Crippen molar-refractivity contribution in [3.05, 3.63) is 122 Å². The van der Waals surface area contributed by atoms with Crippen LogP contribution in [0.25, 0.3) is 33.3 Å². The molecule has 1 unspecified atom stereocenters. The molecule has 9 atom stereocenters. The second kappa shape index (κ2) is 28.5. The first-order chi connectivity index (χ1) is 43.3. The summed E-state index contributed by atoms with van der Waals surface area (Å²) in [5, 5.41) is 57.2. The van der Waals surface area contributed by atoms with Gasteiger partial charge in [-0.2, -0.15) is 4.98 Å². The fraction of sp³-hybridized carbons (Fsp3) is 0.417. The molecule has 28 nitrogen and oxygen atoms in total. The summed E-state index contributed by atoms with van der Waals surface area (Å²) in [7, 11) is 2.23. The highest BCUT2D eigenvalue weighted by atomic mass is 33.1. The van der Waals surface area contributed by atoms with Crippen LogP contribution in [0.3, 0.4) is 0 Å². The zero-order chi connectivity index (χ0) is 63.8. The Labute approximate surface area is 519 Å². The van der Waals surface area contributed by atoms with Crippen LogP contribution in [-0.4, -0.2) is 155 Å². The van der Waals surface area contributed by atoms with Crippen molar-refractivity contribution >= 4 is 103 Å². The molecule has 30 heteroatoms. The number of ether oxygens (including phenoxy) is 4. The number of carbonyl (C=O) groups is 7. The number of ketones is 2. The Kier molecular flexibility index (Phi) is 20.3. The number of rotatable bonds is 24. The summed E-state index contributed by atoms with van der Waals surface area (Å²) in [5.41, 5.74) is 6.31. The number of Topliss-reactive ketones (excluding diaryl/α,β-unsaturated/α-hetero) is 1. The van der Waals surface area contributed by atoms with E-state index in [1.165, 1.54) is 24.4 Å². The Morgan fingerprint density at radius 3 is 2.58 bits per heavy atom. The number of allylic oxidation sites excluding steroid dienone is 1. The van der Waals surface area contributed by atoms with Gasteiger partial charge in [-0.05, 0) is 104 Å². The van der Waals surface area contributed by atoms with Crippen LogP contribution < -0.4 is 32.6 Å². The molecule has 4 aliphatic rings. The van der Waals surface area contributed by atoms with Crippen LogP contribution in [0.1, 0.15) is 114 Å². The molecule has 1 saturated heterocycles. The van der Waals surface area contributed by atoms with Crippen LogP contribution in [0, 0.1) is 4.91 Å². The molecule has 4 heterocycles. The summed E-state index contributed by atoms with van der Waals surface area (Å²) in [5.74, 6) is -5.04. The average Bonchev–Trinajstić information content (AvgIpc) is 1.43. The molecule has 90 heavy (non-hydrogen) atoms. The number of aliphatic hydroxyl groups is 3. The molecular weight excluding hydrogens is 1210 g/mol. The Hall–Kier alpha value is -8.65. The van der Waals surface area contributed by atoms with E-state index < -0.39 is 108 Å². The van der Waals surface area contributed by atoms with Crippen LogP contribution in [0.15, 0.2) is 87.3 Å². The van der Waals surface area contributed by atoms with Crippen molar-refractivity contribution in [2.75, 3.05) is 35.8 Å². The van der Waals surface area contributed by atoms with Crippen LogP contribution in [0.2, 0.25) is 0 Å². The quantitative estimate of drug-likeness (QED) is 0.0123. The topological polar surface area (TPSA) is 426 Å². The molecule has 3 amide bonds. The SMILES string of the molecule is C[C@@H]1O[C@@H](O[C@H]2C[C@](O)(C(=O)CO)Cc3cc4c(cc32)-c2c(N=O)oc3cccc(c23)C4=O)C[C@@H](NC(=O)OCCSSC[C@@H](NC(=O)CC[C@@H](NC(=O)c2ccc(NCc3cnc4nc(N)[nH]c(=O)c4n3)cc2)C(=O)OC2/C=C/CCCCC2)C(=O)O)[C@@H]1O. The average molecular weight is 1280 g/mol. The van der Waals surface area contributed by atoms with Gasteiger partial charge in [-0.3, -0.25) is 29.0 Å². The number of nitrogen functional groups attached to an aromatic ring is 1. The first-order valence-corrected chi connectivity index (χ1v) is 31.5. The zero-order valence-electron chi connectivity index (χ0n) is 48.3. The Morgan fingerprint density at radius 1 is 0.989 bits per heavy atom. The van der Waals surface area contributed by atoms with Gasteiger partial charge in [-0.1, -0.05) is 46.2 Å². The van der Waals surface area contributed by atoms with E-state index >= 15 is 0 Å². The van der Waals surface area contributed by atoms with Crippen molar-refractivity contribution in [1.29, 1.82) is 0 Å². The fourth-order valence-electron chi connectivity index (χ4n) is 11.2. The van der Waals surface area contributed by atoms with E-state index in [1.807, 2.05) is 6.08 Å². The van der Waals surface area contributed by atoms with Crippen LogP contribution in [0.5, 0.6) is 0 Å². The molecule has 11 N–H and O–H groups in total. The van der Waals surface area contributed by atoms with Crippen molar-refractivity contribution in [3.63, 3.8) is 0 Å². The number of carboxylic acid groups (broad SMARTS) is 1. The molecule has 3 aromatic heterocycles. The van der Waals surface area contributed by atoms with Crippen molar-refractivity contribution < 1.29 is 77.4 Å². The molecule has 0 spiro atoms. The van der Waals surface area contributed by atoms with Gasteiger partial charge in [-0.15, -0.1) is 4.91 Å². The number of fused-ring (bicyclic) bond motifs is 4. The minimum Gasteiger partial charge on any atom is -0.480 e. The number of esters is 1. The number of nitrogens with zero attached hydrogens (tertiary/aromatic N) is 4. The van der Waals surface area contributed by atoms with Crippen molar-refractivity contribution in [1.82, 2.24) is 35.9 Å². The largest absolute Gasteiger partial charge is 0.480 e. The molecule has 3 aromatic carbocycles. The summed E-state index contributed by atoms with van der Waals surface area (Å²) in [4.78, 5) is 132. The number of alkyl carbamates (subject to hydrolysis) is 1. The summed E-state index contributed by atoms with van der Waals surface area (Å²) in [6.07, 6.45) is 1.99. The maximum atomic E-state index is 13.9. The first-order valence-electron chi connectivity index (χ1n) is 29.0. The fourth-order valence-corrected chi connectivity index (χ4v) is 13.2. The van der Waals surface area contributed by atoms with Gasteiger partial charge in [0.05, 0.1) is 42.2 Å². The second-order valence-corrected chi connectivity index (χ2v) is 24.7. The normalized spacial score (nSPS) is 22.1. The molecule has 474 valence electrons. The molecule has 0 saturated carbocycles. The highest BCUT2D eigenvalue weighted by Crippen LogP contribution is 2.50. The van der Waals surface area contributed by atoms with Gasteiger partial charge in [0.1, 0.15) is 48.7 Å². The molecule has 10 rings (SSSR count). The summed E-state index contributed by atoms with van der Waals surface area (Å²) >= 11 is 0. The van der Waals surface area contributed by atoms with Crippen LogP contribution >= 0.6 is 21.6 Å². The zero-order valence-corrected chi connectivity index (χ0v) is 50.0. The van der Waals surface area contributed by atoms with E-state index in [0.29, 0.717) is 39.9 Å². The van der Waals surface area contributed by atoms with E-state index in [-0.39, 0.29) is 108 Å². The summed E-state index contributed by atoms with van der Waals surface area (Å²) < 4.78 is 29.4. The summed E-state index contributed by atoms with van der Waals surface area (Å²) in [6, 6.07) is 10.5. The first kappa shape index (κ1) is 64.3. The number of aromatic amines is 1. The maximum Gasteiger partial charge on any atom is 0.407 e. The molecule has 1 fully saturated rings. The number of nitroso groups, excluding NO2 is 1. The number of amides is 3. The van der Waals surface area contributed by atoms with Crippen molar-refractivity contribution in [2.24, 2.45) is 5.18 Å². The van der Waals surface area contributed by atoms with Gasteiger partial charge in [0.2, 0.25) is 11.9 Å². The Bertz CT molecular complexity index is 3850. The van der Waals surface area contributed by atoms with Gasteiger partial charge < -0.3 is 70.8 Å². The molecule has 3 aliphatic carbocycles. The number of hydrogen-bond acceptors (Lipinski definition) is 25.